The van der Waals surface area contributed by atoms with Crippen molar-refractivity contribution in [3.05, 3.63) is 89.8 Å². The lowest BCUT2D eigenvalue weighted by Gasteiger charge is -2.29. The number of hydrogen-bond donors (Lipinski definition) is 0. The van der Waals surface area contributed by atoms with E-state index in [2.05, 4.69) is 0 Å². The van der Waals surface area contributed by atoms with Crippen LogP contribution in [-0.2, 0) is 14.3 Å². The Morgan fingerprint density at radius 3 is 2.28 bits per heavy atom. The molecule has 126 valence electrons. The predicted molar refractivity (Wildman–Crippen MR) is 97.0 cm³/mol. The highest BCUT2D eigenvalue weighted by Crippen LogP contribution is 2.36. The molecule has 4 nitrogen and oxygen atoms in total. The van der Waals surface area contributed by atoms with Gasteiger partial charge in [-0.25, -0.2) is 4.79 Å². The molecule has 0 aromatic heterocycles. The number of carbonyl (C=O) groups excluding carboxylic acids is 2. The summed E-state index contributed by atoms with van der Waals surface area (Å²) in [5.41, 5.74) is 2.71. The van der Waals surface area contributed by atoms with Gasteiger partial charge in [-0.1, -0.05) is 48.5 Å². The Morgan fingerprint density at radius 1 is 1.04 bits per heavy atom. The number of rotatable bonds is 5. The van der Waals surface area contributed by atoms with Crippen LogP contribution in [0.3, 0.4) is 0 Å². The molecule has 1 aliphatic rings. The zero-order chi connectivity index (χ0) is 17.6. The van der Waals surface area contributed by atoms with Crippen molar-refractivity contribution in [3.63, 3.8) is 0 Å². The maximum atomic E-state index is 12.6. The van der Waals surface area contributed by atoms with Crippen molar-refractivity contribution >= 4 is 17.9 Å². The fourth-order valence-corrected chi connectivity index (χ4v) is 2.93. The summed E-state index contributed by atoms with van der Waals surface area (Å²) in [7, 11) is 0. The minimum atomic E-state index is -0.433. The monoisotopic (exact) mass is 333 g/mol. The Morgan fingerprint density at radius 2 is 1.68 bits per heavy atom. The van der Waals surface area contributed by atoms with Crippen molar-refractivity contribution in [2.24, 2.45) is 0 Å². The number of carbonyl (C=O) groups is 2. The van der Waals surface area contributed by atoms with Gasteiger partial charge in [-0.2, -0.15) is 0 Å². The summed E-state index contributed by atoms with van der Waals surface area (Å²) in [4.78, 5) is 26.1. The number of hydrogen-bond acceptors (Lipinski definition) is 4. The standard InChI is InChI=1S/C21H19NO3/c1-2-25-21(24)19-14-22(18-11-7-4-8-12-18)13-17(15-23)20(19)16-9-5-3-6-10-16/h3-15,20H,2H2,1H3/t20-/m1/s1. The number of aldehydes is 1. The molecule has 2 aromatic rings. The van der Waals surface area contributed by atoms with Gasteiger partial charge in [-0.05, 0) is 24.6 Å². The zero-order valence-corrected chi connectivity index (χ0v) is 14.0. The van der Waals surface area contributed by atoms with E-state index in [0.717, 1.165) is 17.5 Å². The van der Waals surface area contributed by atoms with Crippen LogP contribution in [-0.4, -0.2) is 18.9 Å². The van der Waals surface area contributed by atoms with Crippen molar-refractivity contribution in [2.75, 3.05) is 11.5 Å². The van der Waals surface area contributed by atoms with Crippen LogP contribution < -0.4 is 4.90 Å². The molecule has 4 heteroatoms. The molecule has 0 saturated carbocycles. The highest BCUT2D eigenvalue weighted by Gasteiger charge is 2.31. The van der Waals surface area contributed by atoms with Crippen LogP contribution in [0.4, 0.5) is 5.69 Å². The molecule has 25 heavy (non-hydrogen) atoms. The minimum Gasteiger partial charge on any atom is -0.463 e. The molecule has 3 rings (SSSR count). The third-order valence-corrected chi connectivity index (χ3v) is 4.05. The maximum Gasteiger partial charge on any atom is 0.336 e. The van der Waals surface area contributed by atoms with Crippen LogP contribution >= 0.6 is 0 Å². The molecular weight excluding hydrogens is 314 g/mol. The summed E-state index contributed by atoms with van der Waals surface area (Å²) in [6.45, 7) is 2.05. The van der Waals surface area contributed by atoms with Crippen molar-refractivity contribution in [2.45, 2.75) is 12.8 Å². The van der Waals surface area contributed by atoms with Crippen molar-refractivity contribution in [1.29, 1.82) is 0 Å². The Kier molecular flexibility index (Phi) is 5.09. The van der Waals surface area contributed by atoms with Gasteiger partial charge in [0.25, 0.3) is 0 Å². The first-order valence-electron chi connectivity index (χ1n) is 8.18. The van der Waals surface area contributed by atoms with Gasteiger partial charge in [-0.3, -0.25) is 4.79 Å². The lowest BCUT2D eigenvalue weighted by molar-refractivity contribution is -0.138. The molecule has 0 amide bonds. The number of ether oxygens (including phenoxy) is 1. The van der Waals surface area contributed by atoms with Gasteiger partial charge in [-0.15, -0.1) is 0 Å². The molecule has 0 fully saturated rings. The number of benzene rings is 2. The largest absolute Gasteiger partial charge is 0.463 e. The molecule has 0 unspecified atom stereocenters. The van der Waals surface area contributed by atoms with Crippen LogP contribution in [0.5, 0.6) is 0 Å². The molecule has 1 heterocycles. The van der Waals surface area contributed by atoms with E-state index in [1.54, 1.807) is 24.2 Å². The van der Waals surface area contributed by atoms with Gasteiger partial charge < -0.3 is 9.64 Å². The smallest absolute Gasteiger partial charge is 0.336 e. The first kappa shape index (κ1) is 16.7. The second-order valence-corrected chi connectivity index (χ2v) is 5.64. The van der Waals surface area contributed by atoms with Crippen LogP contribution in [0.1, 0.15) is 18.4 Å². The van der Waals surface area contributed by atoms with E-state index in [-0.39, 0.29) is 6.61 Å². The Bertz CT molecular complexity index is 810. The summed E-state index contributed by atoms with van der Waals surface area (Å²) >= 11 is 0. The second kappa shape index (κ2) is 7.62. The SMILES string of the molecule is CCOC(=O)C1=CN(c2ccccc2)C=C(C=O)[C@H]1c1ccccc1. The van der Waals surface area contributed by atoms with Crippen LogP contribution in [0, 0.1) is 0 Å². The minimum absolute atomic E-state index is 0.281. The van der Waals surface area contributed by atoms with E-state index < -0.39 is 11.9 Å². The van der Waals surface area contributed by atoms with Gasteiger partial charge >= 0.3 is 5.97 Å². The normalized spacial score (nSPS) is 16.7. The zero-order valence-electron chi connectivity index (χ0n) is 14.0. The molecule has 0 aliphatic carbocycles. The summed E-state index contributed by atoms with van der Waals surface area (Å²) in [6, 6.07) is 19.1. The average molecular weight is 333 g/mol. The van der Waals surface area contributed by atoms with Crippen LogP contribution in [0.2, 0.25) is 0 Å². The molecule has 2 aromatic carbocycles. The molecule has 0 bridgehead atoms. The summed E-state index contributed by atoms with van der Waals surface area (Å²) < 4.78 is 5.23. The number of allylic oxidation sites excluding steroid dienone is 1. The van der Waals surface area contributed by atoms with E-state index in [9.17, 15) is 9.59 Å². The quantitative estimate of drug-likeness (QED) is 0.616. The van der Waals surface area contributed by atoms with Gasteiger partial charge in [0.05, 0.1) is 12.2 Å². The fraction of sp³-hybridized carbons (Fsp3) is 0.143. The second-order valence-electron chi connectivity index (χ2n) is 5.64. The average Bonchev–Trinajstić information content (AvgIpc) is 2.68. The van der Waals surface area contributed by atoms with Gasteiger partial charge in [0, 0.05) is 29.6 Å². The van der Waals surface area contributed by atoms with E-state index in [1.165, 1.54) is 0 Å². The van der Waals surface area contributed by atoms with Crippen molar-refractivity contribution in [3.8, 4) is 0 Å². The van der Waals surface area contributed by atoms with Crippen molar-refractivity contribution in [1.82, 2.24) is 0 Å². The molecule has 1 atom stereocenters. The summed E-state index contributed by atoms with van der Waals surface area (Å²) in [5, 5.41) is 0. The number of para-hydroxylation sites is 1. The number of nitrogens with zero attached hydrogens (tertiary/aromatic N) is 1. The maximum absolute atomic E-state index is 12.6. The van der Waals surface area contributed by atoms with Gasteiger partial charge in [0.2, 0.25) is 0 Å². The summed E-state index contributed by atoms with van der Waals surface area (Å²) in [6.07, 6.45) is 4.32. The molecule has 0 saturated heterocycles. The van der Waals surface area contributed by atoms with E-state index in [0.29, 0.717) is 11.1 Å². The highest BCUT2D eigenvalue weighted by atomic mass is 16.5. The molecular formula is C21H19NO3. The molecule has 0 radical (unpaired) electrons. The first-order chi connectivity index (χ1) is 12.2. The molecule has 1 aliphatic heterocycles. The highest BCUT2D eigenvalue weighted by molar-refractivity contribution is 5.96. The lowest BCUT2D eigenvalue weighted by atomic mass is 9.84. The Hall–Kier alpha value is -3.14. The van der Waals surface area contributed by atoms with E-state index in [1.807, 2.05) is 60.7 Å². The summed E-state index contributed by atoms with van der Waals surface area (Å²) in [5.74, 6) is -0.845. The number of anilines is 1. The van der Waals surface area contributed by atoms with Gasteiger partial charge in [0.1, 0.15) is 6.29 Å². The van der Waals surface area contributed by atoms with E-state index >= 15 is 0 Å². The first-order valence-corrected chi connectivity index (χ1v) is 8.18. The Labute approximate surface area is 147 Å². The van der Waals surface area contributed by atoms with Crippen LogP contribution in [0.25, 0.3) is 0 Å². The third kappa shape index (κ3) is 3.53. The van der Waals surface area contributed by atoms with Crippen molar-refractivity contribution < 1.29 is 14.3 Å². The van der Waals surface area contributed by atoms with Gasteiger partial charge in [0.15, 0.2) is 0 Å². The molecule has 0 N–H and O–H groups in total. The fourth-order valence-electron chi connectivity index (χ4n) is 2.93. The number of esters is 1. The van der Waals surface area contributed by atoms with E-state index in [4.69, 9.17) is 4.74 Å². The lowest BCUT2D eigenvalue weighted by Crippen LogP contribution is -2.26. The van der Waals surface area contributed by atoms with Crippen LogP contribution in [0.15, 0.2) is 84.2 Å². The topological polar surface area (TPSA) is 46.6 Å². The third-order valence-electron chi connectivity index (χ3n) is 4.05. The Balaban J connectivity index is 2.09. The molecule has 0 spiro atoms. The predicted octanol–water partition coefficient (Wildman–Crippen LogP) is 3.82.